The van der Waals surface area contributed by atoms with Gasteiger partial charge in [-0.1, -0.05) is 15.9 Å². The van der Waals surface area contributed by atoms with Crippen LogP contribution in [0.15, 0.2) is 33.6 Å². The molecule has 0 aromatic heterocycles. The average Bonchev–Trinajstić information content (AvgIpc) is 3.46. The lowest BCUT2D eigenvalue weighted by molar-refractivity contribution is -0.177. The lowest BCUT2D eigenvalue weighted by Gasteiger charge is -2.48. The van der Waals surface area contributed by atoms with E-state index in [9.17, 15) is 13.2 Å². The second-order valence-electron chi connectivity index (χ2n) is 7.97. The van der Waals surface area contributed by atoms with E-state index in [1.54, 1.807) is 31.4 Å². The Bertz CT molecular complexity index is 846. The van der Waals surface area contributed by atoms with Gasteiger partial charge in [0.2, 0.25) is 15.9 Å². The van der Waals surface area contributed by atoms with Crippen LogP contribution in [0.3, 0.4) is 0 Å². The summed E-state index contributed by atoms with van der Waals surface area (Å²) in [6.07, 6.45) is 3.06. The molecule has 28 heavy (non-hydrogen) atoms. The Hall–Kier alpha value is -1.00. The molecule has 0 atom stereocenters. The number of sulfonamides is 1. The van der Waals surface area contributed by atoms with Crippen molar-refractivity contribution in [1.82, 2.24) is 9.21 Å². The molecule has 0 unspecified atom stereocenters. The molecule has 1 amide bonds. The summed E-state index contributed by atoms with van der Waals surface area (Å²) in [5, 5.41) is 0. The Morgan fingerprint density at radius 3 is 2.36 bits per heavy atom. The van der Waals surface area contributed by atoms with Crippen LogP contribution in [0, 0.1) is 0 Å². The van der Waals surface area contributed by atoms with Gasteiger partial charge in [0, 0.05) is 24.7 Å². The summed E-state index contributed by atoms with van der Waals surface area (Å²) < 4.78 is 39.5. The van der Waals surface area contributed by atoms with E-state index in [2.05, 4.69) is 15.9 Å². The van der Waals surface area contributed by atoms with Crippen LogP contribution in [0.1, 0.15) is 25.7 Å². The van der Waals surface area contributed by atoms with Gasteiger partial charge in [0.05, 0.1) is 29.2 Å². The molecule has 0 bridgehead atoms. The molecule has 4 rings (SSSR count). The minimum atomic E-state index is -3.53. The number of amides is 1. The Morgan fingerprint density at radius 1 is 1.14 bits per heavy atom. The van der Waals surface area contributed by atoms with Crippen molar-refractivity contribution in [2.75, 3.05) is 40.0 Å². The van der Waals surface area contributed by atoms with Crippen LogP contribution in [0.2, 0.25) is 0 Å². The second kappa shape index (κ2) is 7.36. The fraction of sp³-hybridized carbons (Fsp3) is 0.632. The number of halogens is 1. The van der Waals surface area contributed by atoms with Crippen LogP contribution in [-0.2, 0) is 24.3 Å². The van der Waals surface area contributed by atoms with Crippen molar-refractivity contribution >= 4 is 31.9 Å². The molecule has 1 saturated carbocycles. The predicted molar refractivity (Wildman–Crippen MR) is 106 cm³/mol. The van der Waals surface area contributed by atoms with E-state index < -0.39 is 15.6 Å². The highest BCUT2D eigenvalue weighted by Gasteiger charge is 2.55. The molecule has 7 nitrogen and oxygen atoms in total. The molecule has 9 heteroatoms. The summed E-state index contributed by atoms with van der Waals surface area (Å²) in [7, 11) is -1.87. The molecule has 0 radical (unpaired) electrons. The summed E-state index contributed by atoms with van der Waals surface area (Å²) in [5.74, 6) is 0.00471. The molecule has 3 aliphatic rings. The van der Waals surface area contributed by atoms with Crippen molar-refractivity contribution in [1.29, 1.82) is 0 Å². The lowest BCUT2D eigenvalue weighted by Crippen LogP contribution is -2.62. The summed E-state index contributed by atoms with van der Waals surface area (Å²) in [6, 6.07) is 6.69. The fourth-order valence-electron chi connectivity index (χ4n) is 4.24. The van der Waals surface area contributed by atoms with Crippen LogP contribution in [0.25, 0.3) is 0 Å². The highest BCUT2D eigenvalue weighted by Crippen LogP contribution is 2.45. The molecule has 3 fully saturated rings. The van der Waals surface area contributed by atoms with Gasteiger partial charge in [0.15, 0.2) is 0 Å². The number of ether oxygens (including phenoxy) is 2. The normalized spacial score (nSPS) is 24.5. The van der Waals surface area contributed by atoms with E-state index in [4.69, 9.17) is 9.47 Å². The van der Waals surface area contributed by atoms with Gasteiger partial charge in [-0.05, 0) is 49.9 Å². The quantitative estimate of drug-likeness (QED) is 0.654. The molecule has 2 saturated heterocycles. The standard InChI is InChI=1S/C19H25BrN2O5S/c1-26-14-18(6-7-18)22-13-19(27-12-17(22)23)8-10-21(11-9-19)28(24,25)16-4-2-15(20)3-5-16/h2-5H,6-14H2,1H3. The number of methoxy groups -OCH3 is 1. The zero-order chi connectivity index (χ0) is 20.0. The third-order valence-corrected chi connectivity index (χ3v) is 8.59. The number of hydrogen-bond acceptors (Lipinski definition) is 5. The SMILES string of the molecule is COCC1(N2CC3(CCN(S(=O)(=O)c4ccc(Br)cc4)CC3)OCC2=O)CC1. The number of benzene rings is 1. The maximum atomic E-state index is 12.9. The highest BCUT2D eigenvalue weighted by atomic mass is 79.9. The largest absolute Gasteiger partial charge is 0.382 e. The van der Waals surface area contributed by atoms with Crippen molar-refractivity contribution in [3.05, 3.63) is 28.7 Å². The third kappa shape index (κ3) is 3.63. The van der Waals surface area contributed by atoms with Gasteiger partial charge in [-0.3, -0.25) is 4.79 Å². The molecule has 1 spiro atoms. The summed E-state index contributed by atoms with van der Waals surface area (Å²) in [6.45, 7) is 1.89. The summed E-state index contributed by atoms with van der Waals surface area (Å²) in [4.78, 5) is 14.7. The molecule has 2 heterocycles. The van der Waals surface area contributed by atoms with E-state index in [0.29, 0.717) is 44.0 Å². The maximum absolute atomic E-state index is 12.9. The summed E-state index contributed by atoms with van der Waals surface area (Å²) in [5.41, 5.74) is -0.660. The Balaban J connectivity index is 1.46. The van der Waals surface area contributed by atoms with Crippen molar-refractivity contribution in [3.63, 3.8) is 0 Å². The topological polar surface area (TPSA) is 76.2 Å². The van der Waals surface area contributed by atoms with Gasteiger partial charge in [-0.2, -0.15) is 4.31 Å². The predicted octanol–water partition coefficient (Wildman–Crippen LogP) is 2.01. The van der Waals surface area contributed by atoms with Gasteiger partial charge >= 0.3 is 0 Å². The first-order valence-corrected chi connectivity index (χ1v) is 11.7. The number of carbonyl (C=O) groups is 1. The number of morpholine rings is 1. The zero-order valence-corrected chi connectivity index (χ0v) is 18.3. The molecule has 1 aromatic rings. The van der Waals surface area contributed by atoms with Gasteiger partial charge in [-0.15, -0.1) is 0 Å². The molecule has 154 valence electrons. The monoisotopic (exact) mass is 472 g/mol. The smallest absolute Gasteiger partial charge is 0.249 e. The van der Waals surface area contributed by atoms with Gasteiger partial charge < -0.3 is 14.4 Å². The van der Waals surface area contributed by atoms with E-state index >= 15 is 0 Å². The van der Waals surface area contributed by atoms with Gasteiger partial charge in [0.25, 0.3) is 0 Å². The van der Waals surface area contributed by atoms with Crippen LogP contribution < -0.4 is 0 Å². The molecule has 1 aromatic carbocycles. The number of nitrogens with zero attached hydrogens (tertiary/aromatic N) is 2. The van der Waals surface area contributed by atoms with Crippen molar-refractivity contribution < 1.29 is 22.7 Å². The molecule has 2 aliphatic heterocycles. The zero-order valence-electron chi connectivity index (χ0n) is 15.9. The lowest BCUT2D eigenvalue weighted by atomic mass is 9.89. The third-order valence-electron chi connectivity index (χ3n) is 6.15. The average molecular weight is 473 g/mol. The number of carbonyl (C=O) groups excluding carboxylic acids is 1. The fourth-order valence-corrected chi connectivity index (χ4v) is 5.95. The van der Waals surface area contributed by atoms with Crippen LogP contribution >= 0.6 is 15.9 Å². The van der Waals surface area contributed by atoms with Crippen molar-refractivity contribution in [2.24, 2.45) is 0 Å². The second-order valence-corrected chi connectivity index (χ2v) is 10.8. The number of hydrogen-bond donors (Lipinski definition) is 0. The Morgan fingerprint density at radius 2 is 1.79 bits per heavy atom. The van der Waals surface area contributed by atoms with E-state index in [1.165, 1.54) is 4.31 Å². The minimum absolute atomic E-state index is 0.00471. The van der Waals surface area contributed by atoms with Crippen LogP contribution in [0.5, 0.6) is 0 Å². The Labute approximate surface area is 174 Å². The first-order chi connectivity index (χ1) is 13.3. The van der Waals surface area contributed by atoms with Crippen LogP contribution in [0.4, 0.5) is 0 Å². The highest BCUT2D eigenvalue weighted by molar-refractivity contribution is 9.10. The molecule has 0 N–H and O–H groups in total. The Kier molecular flexibility index (Phi) is 5.33. The number of piperidine rings is 1. The summed E-state index contributed by atoms with van der Waals surface area (Å²) >= 11 is 3.33. The maximum Gasteiger partial charge on any atom is 0.249 e. The van der Waals surface area contributed by atoms with E-state index in [1.807, 2.05) is 4.90 Å². The van der Waals surface area contributed by atoms with Crippen molar-refractivity contribution in [2.45, 2.75) is 41.7 Å². The van der Waals surface area contributed by atoms with Gasteiger partial charge in [-0.25, -0.2) is 8.42 Å². The molecular weight excluding hydrogens is 448 g/mol. The first kappa shape index (κ1) is 20.3. The van der Waals surface area contributed by atoms with Gasteiger partial charge in [0.1, 0.15) is 6.61 Å². The van der Waals surface area contributed by atoms with E-state index in [-0.39, 0.29) is 18.1 Å². The molecular formula is C19H25BrN2O5S. The van der Waals surface area contributed by atoms with Crippen LogP contribution in [-0.4, -0.2) is 74.6 Å². The minimum Gasteiger partial charge on any atom is -0.382 e. The van der Waals surface area contributed by atoms with Crippen molar-refractivity contribution in [3.8, 4) is 0 Å². The molecule has 1 aliphatic carbocycles. The van der Waals surface area contributed by atoms with E-state index in [0.717, 1.165) is 17.3 Å². The number of rotatable bonds is 5. The first-order valence-electron chi connectivity index (χ1n) is 9.49.